The maximum Gasteiger partial charge on any atom is 0.255 e. The molecule has 0 radical (unpaired) electrons. The van der Waals surface area contributed by atoms with Crippen LogP contribution >= 0.6 is 11.8 Å². The van der Waals surface area contributed by atoms with Gasteiger partial charge in [0.1, 0.15) is 22.5 Å². The molecular formula is C30H36N4O5S. The Morgan fingerprint density at radius 3 is 2.25 bits per heavy atom. The molecule has 0 fully saturated rings. The molecule has 3 aromatic carbocycles. The zero-order valence-electron chi connectivity index (χ0n) is 23.4. The van der Waals surface area contributed by atoms with Crippen molar-refractivity contribution in [2.24, 2.45) is 0 Å². The molecule has 2 N–H and O–H groups in total. The van der Waals surface area contributed by atoms with E-state index in [0.29, 0.717) is 34.2 Å². The maximum atomic E-state index is 12.9. The highest BCUT2D eigenvalue weighted by atomic mass is 32.2. The predicted molar refractivity (Wildman–Crippen MR) is 159 cm³/mol. The van der Waals surface area contributed by atoms with E-state index in [-0.39, 0.29) is 5.75 Å². The fourth-order valence-corrected chi connectivity index (χ4v) is 5.29. The number of nitrogens with zero attached hydrogens (tertiary/aromatic N) is 3. The Morgan fingerprint density at radius 1 is 0.875 bits per heavy atom. The average molecular weight is 565 g/mol. The fourth-order valence-electron chi connectivity index (χ4n) is 4.35. The number of hydrogen-bond donors (Lipinski definition) is 2. The molecular weight excluding hydrogens is 528 g/mol. The van der Waals surface area contributed by atoms with Crippen molar-refractivity contribution in [2.75, 3.05) is 32.4 Å². The molecule has 0 spiro atoms. The molecule has 1 aromatic heterocycles. The number of unbranched alkanes of at least 4 members (excludes halogenated alkanes) is 5. The molecule has 4 rings (SSSR count). The van der Waals surface area contributed by atoms with Crippen LogP contribution in [0.1, 0.15) is 55.8 Å². The number of nitrogens with one attached hydrogen (secondary N) is 1. The lowest BCUT2D eigenvalue weighted by atomic mass is 10.1. The number of carbonyl (C=O) groups is 1. The minimum atomic E-state index is -0.402. The van der Waals surface area contributed by atoms with Crippen molar-refractivity contribution in [2.45, 2.75) is 50.3 Å². The molecule has 0 aliphatic carbocycles. The molecule has 1 heterocycles. The summed E-state index contributed by atoms with van der Waals surface area (Å²) in [5, 5.41) is 22.6. The van der Waals surface area contributed by atoms with E-state index in [1.165, 1.54) is 70.7 Å². The number of fused-ring (bicyclic) bond motifs is 1. The van der Waals surface area contributed by atoms with Crippen molar-refractivity contribution >= 4 is 34.4 Å². The largest absolute Gasteiger partial charge is 0.506 e. The predicted octanol–water partition coefficient (Wildman–Crippen LogP) is 6.86. The van der Waals surface area contributed by atoms with Crippen LogP contribution in [0.3, 0.4) is 0 Å². The van der Waals surface area contributed by atoms with Gasteiger partial charge in [0.2, 0.25) is 5.75 Å². The number of hydrogen-bond acceptors (Lipinski definition) is 8. The number of aromatic nitrogens is 3. The third-order valence-corrected chi connectivity index (χ3v) is 7.57. The zero-order chi connectivity index (χ0) is 28.5. The Kier molecular flexibility index (Phi) is 10.1. The summed E-state index contributed by atoms with van der Waals surface area (Å²) in [4.78, 5) is 15.5. The van der Waals surface area contributed by atoms with Gasteiger partial charge in [0, 0.05) is 22.2 Å². The van der Waals surface area contributed by atoms with Gasteiger partial charge in [0.05, 0.1) is 21.3 Å². The smallest absolute Gasteiger partial charge is 0.255 e. The molecule has 9 nitrogen and oxygen atoms in total. The summed E-state index contributed by atoms with van der Waals surface area (Å²) in [5.41, 5.74) is 2.62. The van der Waals surface area contributed by atoms with Crippen LogP contribution in [0.2, 0.25) is 0 Å². The van der Waals surface area contributed by atoms with E-state index in [9.17, 15) is 9.90 Å². The third-order valence-electron chi connectivity index (χ3n) is 6.49. The highest BCUT2D eigenvalue weighted by molar-refractivity contribution is 7.99. The second kappa shape index (κ2) is 13.9. The first kappa shape index (κ1) is 29.1. The van der Waals surface area contributed by atoms with Crippen LogP contribution in [0, 0.1) is 0 Å². The quantitative estimate of drug-likeness (QED) is 0.126. The Labute approximate surface area is 238 Å². The molecule has 4 aromatic rings. The van der Waals surface area contributed by atoms with Crippen molar-refractivity contribution in [1.82, 2.24) is 15.0 Å². The zero-order valence-corrected chi connectivity index (χ0v) is 24.2. The van der Waals surface area contributed by atoms with Crippen LogP contribution in [-0.2, 0) is 0 Å². The van der Waals surface area contributed by atoms with Gasteiger partial charge in [-0.15, -0.1) is 26.8 Å². The van der Waals surface area contributed by atoms with Gasteiger partial charge in [-0.05, 0) is 54.6 Å². The maximum absolute atomic E-state index is 12.9. The highest BCUT2D eigenvalue weighted by Gasteiger charge is 2.18. The van der Waals surface area contributed by atoms with Crippen LogP contribution in [-0.4, -0.2) is 53.1 Å². The van der Waals surface area contributed by atoms with Crippen molar-refractivity contribution < 1.29 is 24.1 Å². The molecule has 0 bridgehead atoms. The van der Waals surface area contributed by atoms with E-state index in [0.717, 1.165) is 21.7 Å². The van der Waals surface area contributed by atoms with E-state index >= 15 is 0 Å². The summed E-state index contributed by atoms with van der Waals surface area (Å²) in [6.45, 7) is 2.24. The number of amides is 1. The van der Waals surface area contributed by atoms with E-state index in [4.69, 9.17) is 14.2 Å². The summed E-state index contributed by atoms with van der Waals surface area (Å²) in [6.07, 6.45) is 7.69. The SMILES string of the molecule is CCCCCCCCSc1ccc2nn(-c3ccc(NC(=O)c4cc(OC)c(OC)c(OC)c4)cc3O)nc2c1. The van der Waals surface area contributed by atoms with Gasteiger partial charge >= 0.3 is 0 Å². The van der Waals surface area contributed by atoms with Gasteiger partial charge in [0.25, 0.3) is 5.91 Å². The number of anilines is 1. The molecule has 0 saturated heterocycles. The lowest BCUT2D eigenvalue weighted by molar-refractivity contribution is 0.102. The molecule has 0 saturated carbocycles. The highest BCUT2D eigenvalue weighted by Crippen LogP contribution is 2.38. The number of aromatic hydroxyl groups is 1. The normalized spacial score (nSPS) is 11.0. The van der Waals surface area contributed by atoms with E-state index in [1.807, 2.05) is 23.9 Å². The molecule has 1 amide bonds. The minimum absolute atomic E-state index is 0.0688. The summed E-state index contributed by atoms with van der Waals surface area (Å²) >= 11 is 1.83. The molecule has 212 valence electrons. The molecule has 0 unspecified atom stereocenters. The van der Waals surface area contributed by atoms with Gasteiger partial charge in [-0.2, -0.15) is 0 Å². The number of phenols is 1. The van der Waals surface area contributed by atoms with Gasteiger partial charge in [-0.1, -0.05) is 39.0 Å². The fraction of sp³-hybridized carbons (Fsp3) is 0.367. The molecule has 40 heavy (non-hydrogen) atoms. The lowest BCUT2D eigenvalue weighted by Gasteiger charge is -2.14. The van der Waals surface area contributed by atoms with E-state index < -0.39 is 5.91 Å². The van der Waals surface area contributed by atoms with Gasteiger partial charge in [-0.3, -0.25) is 4.79 Å². The first-order chi connectivity index (χ1) is 19.5. The van der Waals surface area contributed by atoms with Crippen LogP contribution < -0.4 is 19.5 Å². The second-order valence-electron chi connectivity index (χ2n) is 9.33. The topological polar surface area (TPSA) is 108 Å². The molecule has 0 aliphatic heterocycles. The Bertz CT molecular complexity index is 1430. The molecule has 0 atom stereocenters. The number of thioether (sulfide) groups is 1. The Balaban J connectivity index is 1.43. The third kappa shape index (κ3) is 6.98. The lowest BCUT2D eigenvalue weighted by Crippen LogP contribution is -2.13. The Hall–Kier alpha value is -3.92. The number of phenolic OH excluding ortho intramolecular Hbond substituents is 1. The minimum Gasteiger partial charge on any atom is -0.506 e. The van der Waals surface area contributed by atoms with Gasteiger partial charge in [0.15, 0.2) is 11.5 Å². The van der Waals surface area contributed by atoms with Gasteiger partial charge in [-0.25, -0.2) is 0 Å². The number of carbonyl (C=O) groups excluding carboxylic acids is 1. The number of benzene rings is 3. The van der Waals surface area contributed by atoms with Gasteiger partial charge < -0.3 is 24.6 Å². The van der Waals surface area contributed by atoms with E-state index in [2.05, 4.69) is 28.5 Å². The molecule has 10 heteroatoms. The number of rotatable bonds is 14. The second-order valence-corrected chi connectivity index (χ2v) is 10.5. The molecule has 0 aliphatic rings. The van der Waals surface area contributed by atoms with Crippen molar-refractivity contribution in [3.63, 3.8) is 0 Å². The number of methoxy groups -OCH3 is 3. The average Bonchev–Trinajstić information content (AvgIpc) is 3.39. The first-order valence-corrected chi connectivity index (χ1v) is 14.4. The van der Waals surface area contributed by atoms with Crippen molar-refractivity contribution in [3.8, 4) is 28.7 Å². The summed E-state index contributed by atoms with van der Waals surface area (Å²) in [7, 11) is 4.47. The van der Waals surface area contributed by atoms with Crippen molar-refractivity contribution in [3.05, 3.63) is 54.1 Å². The summed E-state index contributed by atoms with van der Waals surface area (Å²) in [6, 6.07) is 14.0. The Morgan fingerprint density at radius 2 is 1.57 bits per heavy atom. The van der Waals surface area contributed by atoms with Crippen molar-refractivity contribution in [1.29, 1.82) is 0 Å². The van der Waals surface area contributed by atoms with E-state index in [1.54, 1.807) is 24.3 Å². The monoisotopic (exact) mass is 564 g/mol. The van der Waals surface area contributed by atoms with Crippen LogP contribution in [0.4, 0.5) is 5.69 Å². The summed E-state index contributed by atoms with van der Waals surface area (Å²) in [5.74, 6) is 1.74. The first-order valence-electron chi connectivity index (χ1n) is 13.4. The standard InChI is InChI=1S/C30H36N4O5S/c1-5-6-7-8-9-10-15-40-22-12-13-23-24(19-22)33-34(32-23)25-14-11-21(18-26(25)35)31-30(36)20-16-27(37-2)29(39-4)28(17-20)38-3/h11-14,16-19,35H,5-10,15H2,1-4H3,(H,31,36). The summed E-state index contributed by atoms with van der Waals surface area (Å²) < 4.78 is 16.0. The van der Waals surface area contributed by atoms with Crippen LogP contribution in [0.5, 0.6) is 23.0 Å². The van der Waals surface area contributed by atoms with Crippen LogP contribution in [0.15, 0.2) is 53.4 Å². The van der Waals surface area contributed by atoms with Crippen LogP contribution in [0.25, 0.3) is 16.7 Å². The number of ether oxygens (including phenoxy) is 3.